The number of aromatic nitrogens is 1. The zero-order valence-corrected chi connectivity index (χ0v) is 16.0. The highest BCUT2D eigenvalue weighted by Crippen LogP contribution is 2.12. The van der Waals surface area contributed by atoms with Gasteiger partial charge in [-0.15, -0.1) is 11.3 Å². The van der Waals surface area contributed by atoms with E-state index in [1.54, 1.807) is 11.3 Å². The maximum atomic E-state index is 4.52. The van der Waals surface area contributed by atoms with Crippen LogP contribution in [-0.4, -0.2) is 48.9 Å². The first-order valence-corrected chi connectivity index (χ1v) is 8.92. The summed E-state index contributed by atoms with van der Waals surface area (Å²) in [5, 5.41) is 6.66. The maximum absolute atomic E-state index is 4.52. The second kappa shape index (κ2) is 8.80. The molecule has 6 heteroatoms. The van der Waals surface area contributed by atoms with E-state index in [1.807, 2.05) is 21.0 Å². The molecule has 1 heterocycles. The first kappa shape index (κ1) is 18.4. The summed E-state index contributed by atoms with van der Waals surface area (Å²) in [6.45, 7) is 4.48. The highest BCUT2D eigenvalue weighted by atomic mass is 32.1. The minimum absolute atomic E-state index is 0.753. The van der Waals surface area contributed by atoms with E-state index in [-0.39, 0.29) is 0 Å². The summed E-state index contributed by atoms with van der Waals surface area (Å²) in [5.74, 6) is 0.875. The van der Waals surface area contributed by atoms with E-state index in [2.05, 4.69) is 68.8 Å². The van der Waals surface area contributed by atoms with Gasteiger partial charge in [-0.2, -0.15) is 0 Å². The number of aryl methyl sites for hydroxylation is 1. The Bertz CT molecular complexity index is 678. The van der Waals surface area contributed by atoms with E-state index in [9.17, 15) is 0 Å². The molecule has 0 saturated carbocycles. The Morgan fingerprint density at radius 3 is 2.46 bits per heavy atom. The molecule has 0 amide bonds. The lowest BCUT2D eigenvalue weighted by atomic mass is 10.1. The molecule has 2 aromatic rings. The van der Waals surface area contributed by atoms with Gasteiger partial charge < -0.3 is 15.1 Å². The normalized spacial score (nSPS) is 11.8. The van der Waals surface area contributed by atoms with E-state index in [0.717, 1.165) is 36.3 Å². The van der Waals surface area contributed by atoms with Crippen LogP contribution < -0.4 is 5.32 Å². The van der Waals surface area contributed by atoms with Gasteiger partial charge >= 0.3 is 0 Å². The number of guanidine groups is 1. The molecule has 0 bridgehead atoms. The van der Waals surface area contributed by atoms with Gasteiger partial charge in [0.2, 0.25) is 0 Å². The predicted molar refractivity (Wildman–Crippen MR) is 102 cm³/mol. The van der Waals surface area contributed by atoms with Crippen LogP contribution in [0.25, 0.3) is 0 Å². The summed E-state index contributed by atoms with van der Waals surface area (Å²) in [7, 11) is 8.03. The zero-order valence-electron chi connectivity index (χ0n) is 15.2. The Hall–Kier alpha value is -1.92. The van der Waals surface area contributed by atoms with Gasteiger partial charge in [0, 0.05) is 32.6 Å². The minimum atomic E-state index is 0.753. The molecule has 5 nitrogen and oxygen atoms in total. The number of nitrogens with one attached hydrogen (secondary N) is 1. The molecule has 0 aliphatic rings. The lowest BCUT2D eigenvalue weighted by Gasteiger charge is -2.22. The number of thiazole rings is 1. The SMILES string of the molecule is CN=C(NCc1ccccc1CN(C)C)N(C)Cc1csc(C)n1. The van der Waals surface area contributed by atoms with Crippen molar-refractivity contribution in [3.05, 3.63) is 51.5 Å². The van der Waals surface area contributed by atoms with Crippen LogP contribution in [-0.2, 0) is 19.6 Å². The second-order valence-electron chi connectivity index (χ2n) is 6.12. The monoisotopic (exact) mass is 345 g/mol. The van der Waals surface area contributed by atoms with Gasteiger partial charge in [-0.3, -0.25) is 4.99 Å². The summed E-state index contributed by atoms with van der Waals surface area (Å²) in [6.07, 6.45) is 0. The third kappa shape index (κ3) is 5.32. The number of aliphatic imine (C=N–C) groups is 1. The molecule has 0 saturated heterocycles. The average molecular weight is 346 g/mol. The second-order valence-corrected chi connectivity index (χ2v) is 7.18. The summed E-state index contributed by atoms with van der Waals surface area (Å²) in [4.78, 5) is 13.2. The van der Waals surface area contributed by atoms with Gasteiger partial charge in [0.05, 0.1) is 17.2 Å². The van der Waals surface area contributed by atoms with E-state index in [1.165, 1.54) is 11.1 Å². The Labute approximate surface area is 149 Å². The van der Waals surface area contributed by atoms with Crippen LogP contribution in [0.3, 0.4) is 0 Å². The molecular weight excluding hydrogens is 318 g/mol. The fourth-order valence-electron chi connectivity index (χ4n) is 2.58. The zero-order chi connectivity index (χ0) is 17.5. The molecule has 1 aromatic carbocycles. The summed E-state index contributed by atoms with van der Waals surface area (Å²) >= 11 is 1.68. The van der Waals surface area contributed by atoms with Crippen molar-refractivity contribution in [1.29, 1.82) is 0 Å². The molecule has 130 valence electrons. The quantitative estimate of drug-likeness (QED) is 0.646. The molecule has 2 rings (SSSR count). The molecule has 0 aliphatic heterocycles. The van der Waals surface area contributed by atoms with E-state index >= 15 is 0 Å². The number of hydrogen-bond acceptors (Lipinski definition) is 4. The number of nitrogens with zero attached hydrogens (tertiary/aromatic N) is 4. The van der Waals surface area contributed by atoms with Crippen LogP contribution in [0.1, 0.15) is 21.8 Å². The van der Waals surface area contributed by atoms with Gasteiger partial charge in [0.25, 0.3) is 0 Å². The predicted octanol–water partition coefficient (Wildman–Crippen LogP) is 2.72. The van der Waals surface area contributed by atoms with Gasteiger partial charge in [-0.25, -0.2) is 4.98 Å². The minimum Gasteiger partial charge on any atom is -0.352 e. The molecular formula is C18H27N5S. The van der Waals surface area contributed by atoms with Crippen LogP contribution in [0.2, 0.25) is 0 Å². The standard InChI is InChI=1S/C18H27N5S/c1-14-21-17(13-24-14)12-23(5)18(19-2)20-10-15-8-6-7-9-16(15)11-22(3)4/h6-9,13H,10-12H2,1-5H3,(H,19,20). The largest absolute Gasteiger partial charge is 0.352 e. The van der Waals surface area contributed by atoms with Gasteiger partial charge in [0.15, 0.2) is 5.96 Å². The van der Waals surface area contributed by atoms with Gasteiger partial charge in [0.1, 0.15) is 0 Å². The van der Waals surface area contributed by atoms with Crippen molar-refractivity contribution < 1.29 is 0 Å². The molecule has 24 heavy (non-hydrogen) atoms. The summed E-state index contributed by atoms with van der Waals surface area (Å²) < 4.78 is 0. The fraction of sp³-hybridized carbons (Fsp3) is 0.444. The molecule has 0 aliphatic carbocycles. The molecule has 1 N–H and O–H groups in total. The van der Waals surface area contributed by atoms with Crippen LogP contribution in [0.4, 0.5) is 0 Å². The molecule has 1 aromatic heterocycles. The van der Waals surface area contributed by atoms with Crippen LogP contribution in [0.15, 0.2) is 34.6 Å². The van der Waals surface area contributed by atoms with Crippen LogP contribution in [0.5, 0.6) is 0 Å². The first-order valence-electron chi connectivity index (χ1n) is 8.04. The number of rotatable bonds is 6. The van der Waals surface area contributed by atoms with Gasteiger partial charge in [-0.1, -0.05) is 24.3 Å². The van der Waals surface area contributed by atoms with Crippen molar-refractivity contribution in [2.75, 3.05) is 28.2 Å². The van der Waals surface area contributed by atoms with E-state index in [0.29, 0.717) is 0 Å². The smallest absolute Gasteiger partial charge is 0.194 e. The number of hydrogen-bond donors (Lipinski definition) is 1. The van der Waals surface area contributed by atoms with Gasteiger partial charge in [-0.05, 0) is 32.1 Å². The van der Waals surface area contributed by atoms with E-state index < -0.39 is 0 Å². The summed E-state index contributed by atoms with van der Waals surface area (Å²) in [6, 6.07) is 8.53. The van der Waals surface area contributed by atoms with Crippen molar-refractivity contribution in [3.63, 3.8) is 0 Å². The Balaban J connectivity index is 1.98. The first-order chi connectivity index (χ1) is 11.5. The molecule has 0 radical (unpaired) electrons. The summed E-state index contributed by atoms with van der Waals surface area (Å²) in [5.41, 5.74) is 3.71. The lowest BCUT2D eigenvalue weighted by molar-refractivity contribution is 0.400. The highest BCUT2D eigenvalue weighted by molar-refractivity contribution is 7.09. The number of benzene rings is 1. The van der Waals surface area contributed by atoms with Crippen molar-refractivity contribution in [3.8, 4) is 0 Å². The Kier molecular flexibility index (Phi) is 6.75. The van der Waals surface area contributed by atoms with Crippen molar-refractivity contribution >= 4 is 17.3 Å². The topological polar surface area (TPSA) is 43.8 Å². The molecule has 0 atom stereocenters. The van der Waals surface area contributed by atoms with E-state index in [4.69, 9.17) is 0 Å². The molecule has 0 fully saturated rings. The molecule has 0 unspecified atom stereocenters. The average Bonchev–Trinajstić information content (AvgIpc) is 2.94. The fourth-order valence-corrected chi connectivity index (χ4v) is 3.19. The van der Waals surface area contributed by atoms with Crippen molar-refractivity contribution in [2.24, 2.45) is 4.99 Å². The Morgan fingerprint density at radius 1 is 1.17 bits per heavy atom. The Morgan fingerprint density at radius 2 is 1.88 bits per heavy atom. The van der Waals surface area contributed by atoms with Crippen LogP contribution in [0, 0.1) is 6.92 Å². The van der Waals surface area contributed by atoms with Crippen molar-refractivity contribution in [1.82, 2.24) is 20.1 Å². The maximum Gasteiger partial charge on any atom is 0.194 e. The lowest BCUT2D eigenvalue weighted by Crippen LogP contribution is -2.38. The van der Waals surface area contributed by atoms with Crippen LogP contribution >= 0.6 is 11.3 Å². The third-order valence-electron chi connectivity index (χ3n) is 3.68. The third-order valence-corrected chi connectivity index (χ3v) is 4.50. The highest BCUT2D eigenvalue weighted by Gasteiger charge is 2.10. The van der Waals surface area contributed by atoms with Crippen molar-refractivity contribution in [2.45, 2.75) is 26.6 Å². The molecule has 0 spiro atoms.